The van der Waals surface area contributed by atoms with Crippen LogP contribution >= 0.6 is 12.2 Å². The van der Waals surface area contributed by atoms with E-state index in [-0.39, 0.29) is 5.91 Å². The summed E-state index contributed by atoms with van der Waals surface area (Å²) in [6.07, 6.45) is 0. The van der Waals surface area contributed by atoms with Crippen LogP contribution in [0.1, 0.15) is 12.5 Å². The second-order valence-corrected chi connectivity index (χ2v) is 3.15. The van der Waals surface area contributed by atoms with Crippen molar-refractivity contribution >= 4 is 29.0 Å². The molecule has 1 N–H and O–H groups in total. The van der Waals surface area contributed by atoms with Gasteiger partial charge in [0.1, 0.15) is 0 Å². The third-order valence-corrected chi connectivity index (χ3v) is 1.77. The first-order valence-corrected chi connectivity index (χ1v) is 5.04. The molecular formula is C12H10N2OS. The summed E-state index contributed by atoms with van der Waals surface area (Å²) in [4.78, 5) is 14.4. The van der Waals surface area contributed by atoms with Gasteiger partial charge < -0.3 is 5.32 Å². The molecule has 0 aliphatic carbocycles. The van der Waals surface area contributed by atoms with Crippen LogP contribution in [0.5, 0.6) is 0 Å². The Morgan fingerprint density at radius 2 is 2.38 bits per heavy atom. The van der Waals surface area contributed by atoms with Gasteiger partial charge >= 0.3 is 0 Å². The average molecular weight is 230 g/mol. The third-order valence-electron chi connectivity index (χ3n) is 1.68. The fourth-order valence-electron chi connectivity index (χ4n) is 1.02. The van der Waals surface area contributed by atoms with E-state index in [1.165, 1.54) is 6.92 Å². The van der Waals surface area contributed by atoms with E-state index in [9.17, 15) is 4.79 Å². The number of rotatable bonds is 2. The van der Waals surface area contributed by atoms with E-state index in [4.69, 9.17) is 0 Å². The standard InChI is InChI=1S/C12H10N2OS/c1-10(15)13-7-3-5-11-4-2-6-12(8-11)14-9-16/h2,4,6,8H,7H2,1H3,(H,13,15). The van der Waals surface area contributed by atoms with Crippen LogP contribution in [-0.2, 0) is 4.79 Å². The van der Waals surface area contributed by atoms with E-state index in [1.54, 1.807) is 6.07 Å². The Morgan fingerprint density at radius 1 is 1.56 bits per heavy atom. The first-order chi connectivity index (χ1) is 7.72. The quantitative estimate of drug-likeness (QED) is 0.479. The second-order valence-electron chi connectivity index (χ2n) is 2.96. The molecule has 1 aromatic rings. The minimum absolute atomic E-state index is 0.0895. The van der Waals surface area contributed by atoms with Crippen LogP contribution in [0.25, 0.3) is 0 Å². The summed E-state index contributed by atoms with van der Waals surface area (Å²) >= 11 is 4.51. The lowest BCUT2D eigenvalue weighted by Crippen LogP contribution is -2.19. The smallest absolute Gasteiger partial charge is 0.217 e. The van der Waals surface area contributed by atoms with Crippen molar-refractivity contribution in [2.24, 2.45) is 4.99 Å². The zero-order valence-electron chi connectivity index (χ0n) is 8.78. The number of benzene rings is 1. The van der Waals surface area contributed by atoms with Gasteiger partial charge in [-0.2, -0.15) is 4.99 Å². The van der Waals surface area contributed by atoms with Crippen LogP contribution < -0.4 is 5.32 Å². The summed E-state index contributed by atoms with van der Waals surface area (Å²) in [7, 11) is 0. The van der Waals surface area contributed by atoms with Crippen molar-refractivity contribution in [3.05, 3.63) is 29.8 Å². The Balaban J connectivity index is 2.69. The van der Waals surface area contributed by atoms with Crippen molar-refractivity contribution in [2.75, 3.05) is 6.54 Å². The summed E-state index contributed by atoms with van der Waals surface area (Å²) < 4.78 is 0. The molecule has 80 valence electrons. The normalized spacial score (nSPS) is 8.31. The van der Waals surface area contributed by atoms with Crippen molar-refractivity contribution in [2.45, 2.75) is 6.92 Å². The van der Waals surface area contributed by atoms with Crippen LogP contribution in [0.15, 0.2) is 29.3 Å². The zero-order valence-corrected chi connectivity index (χ0v) is 9.60. The van der Waals surface area contributed by atoms with E-state index in [0.29, 0.717) is 6.54 Å². The molecule has 0 saturated carbocycles. The maximum atomic E-state index is 10.6. The summed E-state index contributed by atoms with van der Waals surface area (Å²) in [5.74, 6) is 5.66. The van der Waals surface area contributed by atoms with Crippen LogP contribution in [0.4, 0.5) is 5.69 Å². The van der Waals surface area contributed by atoms with Crippen molar-refractivity contribution < 1.29 is 4.79 Å². The molecule has 4 heteroatoms. The summed E-state index contributed by atoms with van der Waals surface area (Å²) in [5, 5.41) is 4.89. The molecule has 0 heterocycles. The number of thiocarbonyl (C=S) groups is 1. The highest BCUT2D eigenvalue weighted by Gasteiger charge is 1.90. The summed E-state index contributed by atoms with van der Waals surface area (Å²) in [6, 6.07) is 7.33. The fraction of sp³-hybridized carbons (Fsp3) is 0.167. The molecule has 0 fully saturated rings. The predicted molar refractivity (Wildman–Crippen MR) is 66.7 cm³/mol. The van der Waals surface area contributed by atoms with Crippen molar-refractivity contribution in [1.29, 1.82) is 0 Å². The van der Waals surface area contributed by atoms with Gasteiger partial charge in [0.15, 0.2) is 0 Å². The molecule has 3 nitrogen and oxygen atoms in total. The average Bonchev–Trinajstić information content (AvgIpc) is 2.25. The molecule has 1 rings (SSSR count). The first-order valence-electron chi connectivity index (χ1n) is 4.63. The second kappa shape index (κ2) is 6.52. The maximum absolute atomic E-state index is 10.6. The minimum atomic E-state index is -0.0895. The fourth-order valence-corrected chi connectivity index (χ4v) is 1.13. The number of hydrogen-bond acceptors (Lipinski definition) is 3. The molecule has 0 aliphatic rings. The van der Waals surface area contributed by atoms with Gasteiger partial charge in [-0.15, -0.1) is 0 Å². The molecule has 0 atom stereocenters. The Kier molecular flexibility index (Phi) is 4.94. The third kappa shape index (κ3) is 4.52. The Morgan fingerprint density at radius 3 is 3.06 bits per heavy atom. The molecule has 0 aliphatic heterocycles. The SMILES string of the molecule is CC(=O)NCC#Cc1cccc(N=C=S)c1. The van der Waals surface area contributed by atoms with Crippen molar-refractivity contribution in [1.82, 2.24) is 5.32 Å². The van der Waals surface area contributed by atoms with Gasteiger partial charge in [0.25, 0.3) is 0 Å². The molecule has 0 saturated heterocycles. The lowest BCUT2D eigenvalue weighted by molar-refractivity contribution is -0.118. The molecule has 0 radical (unpaired) electrons. The highest BCUT2D eigenvalue weighted by molar-refractivity contribution is 7.78. The Bertz CT molecular complexity index is 493. The number of carbonyl (C=O) groups is 1. The highest BCUT2D eigenvalue weighted by Crippen LogP contribution is 2.12. The number of amides is 1. The van der Waals surface area contributed by atoms with E-state index in [1.807, 2.05) is 18.2 Å². The van der Waals surface area contributed by atoms with E-state index >= 15 is 0 Å². The number of carbonyl (C=O) groups excluding carboxylic acids is 1. The largest absolute Gasteiger partial charge is 0.345 e. The van der Waals surface area contributed by atoms with Gasteiger partial charge in [0.05, 0.1) is 17.4 Å². The Labute approximate surface area is 99.6 Å². The van der Waals surface area contributed by atoms with Crippen LogP contribution in [0.2, 0.25) is 0 Å². The van der Waals surface area contributed by atoms with Gasteiger partial charge in [0, 0.05) is 12.5 Å². The predicted octanol–water partition coefficient (Wildman–Crippen LogP) is 1.91. The van der Waals surface area contributed by atoms with Gasteiger partial charge in [-0.25, -0.2) is 0 Å². The van der Waals surface area contributed by atoms with Gasteiger partial charge in [-0.1, -0.05) is 17.9 Å². The number of nitrogens with one attached hydrogen (secondary N) is 1. The summed E-state index contributed by atoms with van der Waals surface area (Å²) in [6.45, 7) is 1.80. The lowest BCUT2D eigenvalue weighted by atomic mass is 10.2. The minimum Gasteiger partial charge on any atom is -0.345 e. The van der Waals surface area contributed by atoms with Crippen molar-refractivity contribution in [3.8, 4) is 11.8 Å². The first kappa shape index (κ1) is 12.1. The topological polar surface area (TPSA) is 41.5 Å². The van der Waals surface area contributed by atoms with Gasteiger partial charge in [0.2, 0.25) is 5.91 Å². The molecule has 1 aromatic carbocycles. The number of aliphatic imine (C=N–C) groups is 1. The van der Waals surface area contributed by atoms with Crippen LogP contribution in [-0.4, -0.2) is 17.6 Å². The van der Waals surface area contributed by atoms with Crippen molar-refractivity contribution in [3.63, 3.8) is 0 Å². The summed E-state index contributed by atoms with van der Waals surface area (Å²) in [5.41, 5.74) is 1.55. The molecule has 1 amide bonds. The van der Waals surface area contributed by atoms with Crippen LogP contribution in [0.3, 0.4) is 0 Å². The number of hydrogen-bond donors (Lipinski definition) is 1. The lowest BCUT2D eigenvalue weighted by Gasteiger charge is -1.93. The van der Waals surface area contributed by atoms with Gasteiger partial charge in [-0.05, 0) is 30.4 Å². The maximum Gasteiger partial charge on any atom is 0.217 e. The molecule has 0 unspecified atom stereocenters. The number of isothiocyanates is 1. The van der Waals surface area contributed by atoms with E-state index in [2.05, 4.69) is 39.5 Å². The highest BCUT2D eigenvalue weighted by atomic mass is 32.1. The molecule has 0 bridgehead atoms. The van der Waals surface area contributed by atoms with Gasteiger partial charge in [-0.3, -0.25) is 4.79 Å². The van der Waals surface area contributed by atoms with E-state index < -0.39 is 0 Å². The zero-order chi connectivity index (χ0) is 11.8. The number of nitrogens with zero attached hydrogens (tertiary/aromatic N) is 1. The molecular weight excluding hydrogens is 220 g/mol. The van der Waals surface area contributed by atoms with Crippen LogP contribution in [0, 0.1) is 11.8 Å². The molecule has 0 aromatic heterocycles. The monoisotopic (exact) mass is 230 g/mol. The Hall–Kier alpha value is -1.95. The molecule has 16 heavy (non-hydrogen) atoms. The van der Waals surface area contributed by atoms with E-state index in [0.717, 1.165) is 11.3 Å². The molecule has 0 spiro atoms.